The molecule has 0 fully saturated rings. The van der Waals surface area contributed by atoms with Gasteiger partial charge in [-0.2, -0.15) is 0 Å². The van der Waals surface area contributed by atoms with E-state index in [9.17, 15) is 9.59 Å². The summed E-state index contributed by atoms with van der Waals surface area (Å²) >= 11 is 0. The van der Waals surface area contributed by atoms with Crippen molar-refractivity contribution in [2.45, 2.75) is 6.92 Å². The highest BCUT2D eigenvalue weighted by Crippen LogP contribution is 2.25. The minimum absolute atomic E-state index is 0.0160. The number of carbonyl (C=O) groups excluding carboxylic acids is 1. The maximum atomic E-state index is 12.8. The third-order valence-electron chi connectivity index (χ3n) is 3.74. The Labute approximate surface area is 139 Å². The Morgan fingerprint density at radius 1 is 1.08 bits per heavy atom. The molecule has 0 aliphatic carbocycles. The summed E-state index contributed by atoms with van der Waals surface area (Å²) in [7, 11) is 1.50. The largest absolute Gasteiger partial charge is 0.496 e. The van der Waals surface area contributed by atoms with Crippen LogP contribution in [-0.4, -0.2) is 24.3 Å². The summed E-state index contributed by atoms with van der Waals surface area (Å²) in [6.45, 7) is 1.91. The summed E-state index contributed by atoms with van der Waals surface area (Å²) in [6, 6.07) is 14.8. The number of ether oxygens (including phenoxy) is 2. The molecule has 0 atom stereocenters. The van der Waals surface area contributed by atoms with Crippen molar-refractivity contribution < 1.29 is 14.3 Å². The second-order valence-electron chi connectivity index (χ2n) is 5.15. The lowest BCUT2D eigenvalue weighted by Crippen LogP contribution is -2.21. The fourth-order valence-corrected chi connectivity index (χ4v) is 2.67. The van der Waals surface area contributed by atoms with Crippen molar-refractivity contribution in [1.29, 1.82) is 0 Å². The fraction of sp³-hybridized carbons (Fsp3) is 0.158. The van der Waals surface area contributed by atoms with Gasteiger partial charge >= 0.3 is 5.97 Å². The summed E-state index contributed by atoms with van der Waals surface area (Å²) in [4.78, 5) is 25.0. The Balaban J connectivity index is 2.41. The lowest BCUT2D eigenvalue weighted by molar-refractivity contribution is 0.0524. The van der Waals surface area contributed by atoms with Crippen LogP contribution < -0.4 is 10.2 Å². The summed E-state index contributed by atoms with van der Waals surface area (Å²) < 4.78 is 12.2. The predicted molar refractivity (Wildman–Crippen MR) is 92.1 cm³/mol. The zero-order valence-electron chi connectivity index (χ0n) is 13.5. The van der Waals surface area contributed by atoms with Gasteiger partial charge in [-0.25, -0.2) is 4.79 Å². The molecule has 24 heavy (non-hydrogen) atoms. The van der Waals surface area contributed by atoms with Crippen molar-refractivity contribution in [1.82, 2.24) is 4.57 Å². The Bertz CT molecular complexity index is 945. The molecule has 0 aliphatic heterocycles. The number of methoxy groups -OCH3 is 1. The molecule has 1 aromatic heterocycles. The minimum atomic E-state index is -0.639. The summed E-state index contributed by atoms with van der Waals surface area (Å²) in [6.07, 6.45) is 1.53. The number of para-hydroxylation sites is 1. The van der Waals surface area contributed by atoms with Crippen molar-refractivity contribution >= 4 is 16.9 Å². The molecule has 3 aromatic rings. The van der Waals surface area contributed by atoms with E-state index in [1.165, 1.54) is 13.3 Å². The molecule has 0 aliphatic rings. The smallest absolute Gasteiger partial charge is 0.343 e. The molecule has 0 spiro atoms. The number of fused-ring (bicyclic) bond motifs is 1. The van der Waals surface area contributed by atoms with Crippen molar-refractivity contribution in [3.05, 3.63) is 70.5 Å². The molecule has 0 saturated carbocycles. The molecule has 5 nitrogen and oxygen atoms in total. The van der Waals surface area contributed by atoms with E-state index in [-0.39, 0.29) is 12.2 Å². The number of carbonyl (C=O) groups is 1. The van der Waals surface area contributed by atoms with Crippen LogP contribution in [0.5, 0.6) is 5.75 Å². The van der Waals surface area contributed by atoms with Gasteiger partial charge in [0, 0.05) is 11.9 Å². The third-order valence-corrected chi connectivity index (χ3v) is 3.74. The first kappa shape index (κ1) is 15.8. The van der Waals surface area contributed by atoms with E-state index < -0.39 is 11.4 Å². The Kier molecular flexibility index (Phi) is 4.33. The highest BCUT2D eigenvalue weighted by molar-refractivity contribution is 5.96. The van der Waals surface area contributed by atoms with Crippen LogP contribution in [0.2, 0.25) is 0 Å². The Morgan fingerprint density at radius 3 is 2.50 bits per heavy atom. The van der Waals surface area contributed by atoms with E-state index in [0.717, 1.165) is 5.69 Å². The molecule has 2 aromatic carbocycles. The van der Waals surface area contributed by atoms with E-state index in [0.29, 0.717) is 16.7 Å². The van der Waals surface area contributed by atoms with E-state index in [2.05, 4.69) is 0 Å². The number of esters is 1. The molecule has 0 amide bonds. The molecule has 1 heterocycles. The molecule has 0 unspecified atom stereocenters. The normalized spacial score (nSPS) is 10.6. The molecule has 0 bridgehead atoms. The van der Waals surface area contributed by atoms with Crippen LogP contribution in [0.1, 0.15) is 17.3 Å². The zero-order chi connectivity index (χ0) is 17.1. The van der Waals surface area contributed by atoms with E-state index in [1.807, 2.05) is 42.5 Å². The van der Waals surface area contributed by atoms with E-state index in [1.54, 1.807) is 17.6 Å². The Hall–Kier alpha value is -3.08. The average Bonchev–Trinajstić information content (AvgIpc) is 2.62. The van der Waals surface area contributed by atoms with Gasteiger partial charge in [-0.05, 0) is 31.2 Å². The SMILES string of the molecule is CCOC(=O)c1cn(-c2ccccc2)c2cccc(OC)c2c1=O. The van der Waals surface area contributed by atoms with E-state index >= 15 is 0 Å². The molecule has 122 valence electrons. The standard InChI is InChI=1S/C19H17NO4/c1-3-24-19(22)14-12-20(13-8-5-4-6-9-13)15-10-7-11-16(23-2)17(15)18(14)21/h4-12H,3H2,1-2H3. The minimum Gasteiger partial charge on any atom is -0.496 e. The van der Waals surface area contributed by atoms with Crippen LogP contribution in [0.25, 0.3) is 16.6 Å². The highest BCUT2D eigenvalue weighted by Gasteiger charge is 2.19. The van der Waals surface area contributed by atoms with Gasteiger partial charge in [0.2, 0.25) is 5.43 Å². The second kappa shape index (κ2) is 6.58. The summed E-state index contributed by atoms with van der Waals surface area (Å²) in [5.41, 5.74) is 1.09. The van der Waals surface area contributed by atoms with Crippen LogP contribution in [0.15, 0.2) is 59.5 Å². The number of pyridine rings is 1. The van der Waals surface area contributed by atoms with Crippen molar-refractivity contribution in [2.75, 3.05) is 13.7 Å². The van der Waals surface area contributed by atoms with Crippen molar-refractivity contribution in [3.8, 4) is 11.4 Å². The van der Waals surface area contributed by atoms with Gasteiger partial charge in [-0.15, -0.1) is 0 Å². The number of hydrogen-bond donors (Lipinski definition) is 0. The van der Waals surface area contributed by atoms with Gasteiger partial charge in [0.1, 0.15) is 11.3 Å². The second-order valence-corrected chi connectivity index (χ2v) is 5.15. The maximum absolute atomic E-state index is 12.8. The van der Waals surface area contributed by atoms with Crippen LogP contribution in [0, 0.1) is 0 Å². The first-order valence-corrected chi connectivity index (χ1v) is 7.62. The van der Waals surface area contributed by atoms with Gasteiger partial charge < -0.3 is 14.0 Å². The fourth-order valence-electron chi connectivity index (χ4n) is 2.67. The van der Waals surface area contributed by atoms with Crippen molar-refractivity contribution in [3.63, 3.8) is 0 Å². The zero-order valence-corrected chi connectivity index (χ0v) is 13.5. The average molecular weight is 323 g/mol. The summed E-state index contributed by atoms with van der Waals surface area (Å²) in [5, 5.41) is 0.356. The molecule has 3 rings (SSSR count). The lowest BCUT2D eigenvalue weighted by atomic mass is 10.1. The number of benzene rings is 2. The molecule has 0 radical (unpaired) electrons. The van der Waals surface area contributed by atoms with Gasteiger partial charge in [-0.1, -0.05) is 24.3 Å². The first-order chi connectivity index (χ1) is 11.7. The van der Waals surface area contributed by atoms with Crippen molar-refractivity contribution in [2.24, 2.45) is 0 Å². The Morgan fingerprint density at radius 2 is 1.83 bits per heavy atom. The summed E-state index contributed by atoms with van der Waals surface area (Å²) in [5.74, 6) is -0.215. The maximum Gasteiger partial charge on any atom is 0.343 e. The van der Waals surface area contributed by atoms with Crippen LogP contribution in [0.4, 0.5) is 0 Å². The topological polar surface area (TPSA) is 57.5 Å². The van der Waals surface area contributed by atoms with Gasteiger partial charge in [0.25, 0.3) is 0 Å². The van der Waals surface area contributed by atoms with Crippen LogP contribution in [-0.2, 0) is 4.74 Å². The predicted octanol–water partition coefficient (Wildman–Crippen LogP) is 3.18. The third kappa shape index (κ3) is 2.65. The van der Waals surface area contributed by atoms with Gasteiger partial charge in [0.15, 0.2) is 0 Å². The number of rotatable bonds is 4. The van der Waals surface area contributed by atoms with Gasteiger partial charge in [0.05, 0.1) is 24.6 Å². The molecular weight excluding hydrogens is 306 g/mol. The number of nitrogens with zero attached hydrogens (tertiary/aromatic N) is 1. The molecule has 0 saturated heterocycles. The van der Waals surface area contributed by atoms with Crippen LogP contribution in [0.3, 0.4) is 0 Å². The van der Waals surface area contributed by atoms with E-state index in [4.69, 9.17) is 9.47 Å². The highest BCUT2D eigenvalue weighted by atomic mass is 16.5. The van der Waals surface area contributed by atoms with Crippen LogP contribution >= 0.6 is 0 Å². The lowest BCUT2D eigenvalue weighted by Gasteiger charge is -2.14. The monoisotopic (exact) mass is 323 g/mol. The molecule has 5 heteroatoms. The molecule has 0 N–H and O–H groups in total. The van der Waals surface area contributed by atoms with Gasteiger partial charge in [-0.3, -0.25) is 4.79 Å². The number of aromatic nitrogens is 1. The molecular formula is C19H17NO4. The first-order valence-electron chi connectivity index (χ1n) is 7.62. The quantitative estimate of drug-likeness (QED) is 0.692. The number of hydrogen-bond acceptors (Lipinski definition) is 4.